The van der Waals surface area contributed by atoms with Crippen LogP contribution in [0.15, 0.2) is 114 Å². The quantitative estimate of drug-likeness (QED) is 0.137. The molecule has 0 atom stereocenters. The van der Waals surface area contributed by atoms with Crippen LogP contribution in [0.2, 0.25) is 0 Å². The molecule has 1 heterocycles. The van der Waals surface area contributed by atoms with Gasteiger partial charge in [0.1, 0.15) is 0 Å². The van der Waals surface area contributed by atoms with E-state index in [1.165, 1.54) is 5.39 Å². The van der Waals surface area contributed by atoms with E-state index in [9.17, 15) is 0 Å². The van der Waals surface area contributed by atoms with Crippen molar-refractivity contribution in [3.05, 3.63) is 138 Å². The molecule has 0 saturated carbocycles. The number of rotatable bonds is 5. The minimum Gasteiger partial charge on any atom is -0.304 e. The van der Waals surface area contributed by atoms with Crippen molar-refractivity contribution in [3.8, 4) is 11.3 Å². The number of aromatic nitrogens is 1. The van der Waals surface area contributed by atoms with Gasteiger partial charge < -0.3 is 4.99 Å². The number of pyridine rings is 1. The van der Waals surface area contributed by atoms with Gasteiger partial charge in [-0.2, -0.15) is 0 Å². The van der Waals surface area contributed by atoms with Crippen LogP contribution in [0, 0.1) is 12.1 Å². The molecule has 0 aliphatic heterocycles. The van der Waals surface area contributed by atoms with E-state index in [2.05, 4.69) is 36.4 Å². The molecule has 4 aromatic carbocycles. The van der Waals surface area contributed by atoms with Gasteiger partial charge in [-0.1, -0.05) is 60.7 Å². The first-order valence-corrected chi connectivity index (χ1v) is 10.5. The van der Waals surface area contributed by atoms with Crippen molar-refractivity contribution in [3.63, 3.8) is 0 Å². The predicted molar refractivity (Wildman–Crippen MR) is 133 cm³/mol. The number of hydrogen-bond acceptors (Lipinski definition) is 2. The maximum absolute atomic E-state index is 4.82. The summed E-state index contributed by atoms with van der Waals surface area (Å²) in [6, 6.07) is 39.7. The van der Waals surface area contributed by atoms with Gasteiger partial charge >= 0.3 is 20.4 Å². The van der Waals surface area contributed by atoms with Crippen LogP contribution < -0.4 is 0 Å². The molecule has 1 aromatic heterocycles. The first kappa shape index (κ1) is 22.6. The van der Waals surface area contributed by atoms with E-state index in [0.717, 1.165) is 39.2 Å². The zero-order chi connectivity index (χ0) is 21.6. The van der Waals surface area contributed by atoms with Crippen molar-refractivity contribution in [1.82, 2.24) is 4.98 Å². The third-order valence-corrected chi connectivity index (χ3v) is 5.20. The Bertz CT molecular complexity index is 1420. The van der Waals surface area contributed by atoms with E-state index >= 15 is 0 Å². The molecule has 0 radical (unpaired) electrons. The molecule has 33 heavy (non-hydrogen) atoms. The second kappa shape index (κ2) is 10.8. The van der Waals surface area contributed by atoms with Crippen molar-refractivity contribution >= 4 is 28.8 Å². The average molecular weight is 515 g/mol. The third-order valence-electron chi connectivity index (χ3n) is 5.20. The summed E-state index contributed by atoms with van der Waals surface area (Å²) in [5.41, 5.74) is 5.58. The predicted octanol–water partition coefficient (Wildman–Crippen LogP) is 7.31. The van der Waals surface area contributed by atoms with Gasteiger partial charge in [0.05, 0.1) is 11.4 Å². The van der Waals surface area contributed by atoms with Gasteiger partial charge in [0.15, 0.2) is 0 Å². The number of aliphatic imine (C=N–C) groups is 1. The topological polar surface area (TPSA) is 25.2 Å². The first-order valence-electron chi connectivity index (χ1n) is 10.5. The molecule has 0 aliphatic rings. The standard InChI is InChI=1S/C30H20N2.Pd/c1-2-10-23(11-3-1)20-21-26-15-9-19-30(32-26)28-17-6-7-18-29(28)31-22-25-14-8-13-24-12-4-5-16-27(24)25;/h1-13,15-19,21-22H;/q-2;+2. The fourth-order valence-corrected chi connectivity index (χ4v) is 3.60. The van der Waals surface area contributed by atoms with Crippen LogP contribution >= 0.6 is 0 Å². The largest absolute Gasteiger partial charge is 2.00 e. The SMILES string of the molecule is [C-](=Cc1cccc(-c2ccccc2N=Cc2[c-]ccc3ccccc23)n1)c1ccccc1.[Pd+2]. The molecular weight excluding hydrogens is 495 g/mol. The molecule has 0 aliphatic carbocycles. The number of nitrogens with zero attached hydrogens (tertiary/aromatic N) is 2. The van der Waals surface area contributed by atoms with Crippen LogP contribution in [0.5, 0.6) is 0 Å². The van der Waals surface area contributed by atoms with Gasteiger partial charge in [-0.25, -0.2) is 0 Å². The maximum Gasteiger partial charge on any atom is 2.00 e. The molecule has 0 fully saturated rings. The summed E-state index contributed by atoms with van der Waals surface area (Å²) in [5, 5.41) is 2.31. The minimum absolute atomic E-state index is 0. The van der Waals surface area contributed by atoms with E-state index in [1.807, 2.05) is 97.2 Å². The van der Waals surface area contributed by atoms with Gasteiger partial charge in [-0.3, -0.25) is 4.98 Å². The van der Waals surface area contributed by atoms with Crippen LogP contribution in [0.25, 0.3) is 28.1 Å². The molecule has 3 heteroatoms. The number of hydrogen-bond donors (Lipinski definition) is 0. The normalized spacial score (nSPS) is 11.2. The van der Waals surface area contributed by atoms with Crippen molar-refractivity contribution in [1.29, 1.82) is 0 Å². The molecule has 0 unspecified atom stereocenters. The smallest absolute Gasteiger partial charge is 0.304 e. The average Bonchev–Trinajstić information content (AvgIpc) is 2.87. The Morgan fingerprint density at radius 3 is 2.45 bits per heavy atom. The summed E-state index contributed by atoms with van der Waals surface area (Å²) in [6.45, 7) is 0. The van der Waals surface area contributed by atoms with Gasteiger partial charge in [0.2, 0.25) is 0 Å². The summed E-state index contributed by atoms with van der Waals surface area (Å²) in [7, 11) is 0. The Morgan fingerprint density at radius 2 is 1.55 bits per heavy atom. The fraction of sp³-hybridized carbons (Fsp3) is 0. The molecular formula is C30H20N2Pd. The van der Waals surface area contributed by atoms with Gasteiger partial charge in [-0.05, 0) is 24.0 Å². The van der Waals surface area contributed by atoms with Crippen LogP contribution in [0.1, 0.15) is 16.8 Å². The monoisotopic (exact) mass is 514 g/mol. The summed E-state index contributed by atoms with van der Waals surface area (Å²) in [6.07, 6.45) is 7.09. The Balaban J connectivity index is 0.00000259. The van der Waals surface area contributed by atoms with Crippen LogP contribution in [0.4, 0.5) is 5.69 Å². The van der Waals surface area contributed by atoms with Gasteiger partial charge in [0.25, 0.3) is 0 Å². The third kappa shape index (κ3) is 5.41. The van der Waals surface area contributed by atoms with Crippen molar-refractivity contribution in [2.75, 3.05) is 0 Å². The second-order valence-electron chi connectivity index (χ2n) is 7.36. The van der Waals surface area contributed by atoms with E-state index in [1.54, 1.807) is 0 Å². The Morgan fingerprint density at radius 1 is 0.758 bits per heavy atom. The molecule has 2 nitrogen and oxygen atoms in total. The Labute approximate surface area is 208 Å². The molecule has 160 valence electrons. The summed E-state index contributed by atoms with van der Waals surface area (Å²) in [5.74, 6) is 0. The van der Waals surface area contributed by atoms with Gasteiger partial charge in [-0.15, -0.1) is 76.5 Å². The number of para-hydroxylation sites is 1. The van der Waals surface area contributed by atoms with E-state index in [4.69, 9.17) is 9.98 Å². The molecule has 0 N–H and O–H groups in total. The molecule has 0 amide bonds. The molecule has 5 rings (SSSR count). The zero-order valence-electron chi connectivity index (χ0n) is 17.8. The Hall–Kier alpha value is -3.64. The number of fused-ring (bicyclic) bond motifs is 1. The summed E-state index contributed by atoms with van der Waals surface area (Å²) in [4.78, 5) is 9.63. The first-order chi connectivity index (χ1) is 15.9. The van der Waals surface area contributed by atoms with Crippen LogP contribution in [0.3, 0.4) is 0 Å². The Kier molecular flexibility index (Phi) is 7.37. The van der Waals surface area contributed by atoms with E-state index in [0.29, 0.717) is 0 Å². The molecule has 5 aromatic rings. The van der Waals surface area contributed by atoms with E-state index < -0.39 is 0 Å². The molecule has 0 saturated heterocycles. The summed E-state index contributed by atoms with van der Waals surface area (Å²) < 4.78 is 0. The molecule has 0 spiro atoms. The second-order valence-corrected chi connectivity index (χ2v) is 7.36. The van der Waals surface area contributed by atoms with Crippen molar-refractivity contribution in [2.24, 2.45) is 4.99 Å². The van der Waals surface area contributed by atoms with Crippen LogP contribution in [-0.2, 0) is 20.4 Å². The van der Waals surface area contributed by atoms with Crippen molar-refractivity contribution in [2.45, 2.75) is 0 Å². The van der Waals surface area contributed by atoms with Crippen LogP contribution in [-0.4, -0.2) is 11.2 Å². The summed E-state index contributed by atoms with van der Waals surface area (Å²) >= 11 is 0. The van der Waals surface area contributed by atoms with Gasteiger partial charge in [0, 0.05) is 5.56 Å². The van der Waals surface area contributed by atoms with E-state index in [-0.39, 0.29) is 20.4 Å². The molecule has 0 bridgehead atoms. The zero-order valence-corrected chi connectivity index (χ0v) is 19.3. The van der Waals surface area contributed by atoms with Crippen molar-refractivity contribution < 1.29 is 20.4 Å². The minimum atomic E-state index is 0. The fourth-order valence-electron chi connectivity index (χ4n) is 3.60. The maximum atomic E-state index is 4.82. The number of benzene rings is 4.